The fourth-order valence-corrected chi connectivity index (χ4v) is 2.89. The van der Waals surface area contributed by atoms with Crippen molar-refractivity contribution in [1.29, 1.82) is 0 Å². The van der Waals surface area contributed by atoms with Crippen molar-refractivity contribution in [2.24, 2.45) is 11.1 Å². The van der Waals surface area contributed by atoms with Crippen LogP contribution in [0.15, 0.2) is 0 Å². The van der Waals surface area contributed by atoms with Gasteiger partial charge in [0, 0.05) is 26.3 Å². The molecule has 0 aromatic heterocycles. The van der Waals surface area contributed by atoms with Gasteiger partial charge in [0.2, 0.25) is 5.91 Å². The molecule has 0 radical (unpaired) electrons. The van der Waals surface area contributed by atoms with Gasteiger partial charge in [-0.05, 0) is 31.1 Å². The number of nitrogens with two attached hydrogens (primary N) is 1. The topological polar surface area (TPSA) is 64.8 Å². The maximum absolute atomic E-state index is 12.8. The molecule has 5 heteroatoms. The van der Waals surface area contributed by atoms with E-state index in [2.05, 4.69) is 0 Å². The van der Waals surface area contributed by atoms with E-state index >= 15 is 0 Å². The van der Waals surface area contributed by atoms with Crippen LogP contribution in [-0.2, 0) is 14.3 Å². The summed E-state index contributed by atoms with van der Waals surface area (Å²) in [7, 11) is 0. The van der Waals surface area contributed by atoms with Gasteiger partial charge in [-0.15, -0.1) is 0 Å². The molecule has 1 amide bonds. The number of hydrogen-bond donors (Lipinski definition) is 1. The number of hydrogen-bond acceptors (Lipinski definition) is 4. The zero-order valence-electron chi connectivity index (χ0n) is 13.6. The van der Waals surface area contributed by atoms with E-state index in [0.29, 0.717) is 13.1 Å². The second-order valence-corrected chi connectivity index (χ2v) is 7.36. The number of rotatable bonds is 5. The Morgan fingerprint density at radius 1 is 1.14 bits per heavy atom. The Hall–Kier alpha value is -0.650. The summed E-state index contributed by atoms with van der Waals surface area (Å²) in [5, 5.41) is 0. The highest BCUT2D eigenvalue weighted by Gasteiger charge is 2.34. The van der Waals surface area contributed by atoms with Gasteiger partial charge >= 0.3 is 0 Å². The van der Waals surface area contributed by atoms with E-state index in [1.807, 2.05) is 25.7 Å². The van der Waals surface area contributed by atoms with Crippen LogP contribution in [-0.4, -0.2) is 55.4 Å². The molecule has 21 heavy (non-hydrogen) atoms. The first kappa shape index (κ1) is 16.7. The lowest BCUT2D eigenvalue weighted by Gasteiger charge is -2.34. The van der Waals surface area contributed by atoms with Gasteiger partial charge in [0.25, 0.3) is 0 Å². The van der Waals surface area contributed by atoms with Gasteiger partial charge in [-0.25, -0.2) is 0 Å². The molecule has 2 heterocycles. The summed E-state index contributed by atoms with van der Waals surface area (Å²) >= 11 is 0. The summed E-state index contributed by atoms with van der Waals surface area (Å²) in [4.78, 5) is 14.6. The van der Waals surface area contributed by atoms with Crippen LogP contribution < -0.4 is 5.73 Å². The van der Waals surface area contributed by atoms with Gasteiger partial charge in [0.05, 0.1) is 18.2 Å². The quantitative estimate of drug-likeness (QED) is 0.836. The second kappa shape index (κ2) is 7.07. The number of ether oxygens (including phenoxy) is 2. The van der Waals surface area contributed by atoms with E-state index in [-0.39, 0.29) is 23.5 Å². The average molecular weight is 298 g/mol. The molecular weight excluding hydrogens is 268 g/mol. The molecule has 0 aromatic rings. The molecule has 0 aromatic carbocycles. The van der Waals surface area contributed by atoms with Gasteiger partial charge in [-0.3, -0.25) is 4.79 Å². The number of carbonyl (C=O) groups excluding carboxylic acids is 1. The van der Waals surface area contributed by atoms with E-state index in [0.717, 1.165) is 38.9 Å². The Morgan fingerprint density at radius 2 is 1.62 bits per heavy atom. The van der Waals surface area contributed by atoms with Crippen LogP contribution in [0.2, 0.25) is 0 Å². The summed E-state index contributed by atoms with van der Waals surface area (Å²) in [6, 6.07) is -0.486. The predicted octanol–water partition coefficient (Wildman–Crippen LogP) is 1.55. The molecular formula is C16H30N2O3. The summed E-state index contributed by atoms with van der Waals surface area (Å²) in [6.45, 7) is 8.91. The lowest BCUT2D eigenvalue weighted by molar-refractivity contribution is -0.138. The minimum Gasteiger partial charge on any atom is -0.376 e. The molecule has 2 saturated heterocycles. The van der Waals surface area contributed by atoms with Crippen LogP contribution in [0.25, 0.3) is 0 Å². The second-order valence-electron chi connectivity index (χ2n) is 7.36. The first-order valence-electron chi connectivity index (χ1n) is 8.15. The van der Waals surface area contributed by atoms with E-state index in [1.54, 1.807) is 0 Å². The lowest BCUT2D eigenvalue weighted by atomic mass is 9.86. The number of nitrogens with zero attached hydrogens (tertiary/aromatic N) is 1. The van der Waals surface area contributed by atoms with Crippen molar-refractivity contribution in [3.63, 3.8) is 0 Å². The molecule has 2 aliphatic heterocycles. The maximum Gasteiger partial charge on any atom is 0.240 e. The Labute approximate surface area is 128 Å². The molecule has 0 saturated carbocycles. The van der Waals surface area contributed by atoms with E-state index in [1.165, 1.54) is 0 Å². The van der Waals surface area contributed by atoms with Gasteiger partial charge < -0.3 is 20.1 Å². The maximum atomic E-state index is 12.8. The Bertz CT molecular complexity index is 324. The molecule has 2 fully saturated rings. The van der Waals surface area contributed by atoms with Crippen molar-refractivity contribution in [3.05, 3.63) is 0 Å². The van der Waals surface area contributed by atoms with E-state index in [9.17, 15) is 4.79 Å². The normalized spacial score (nSPS) is 27.8. The van der Waals surface area contributed by atoms with Crippen LogP contribution in [0.1, 0.15) is 46.5 Å². The third-order valence-electron chi connectivity index (χ3n) is 4.41. The van der Waals surface area contributed by atoms with Crippen molar-refractivity contribution in [1.82, 2.24) is 4.90 Å². The molecule has 5 nitrogen and oxygen atoms in total. The van der Waals surface area contributed by atoms with Crippen molar-refractivity contribution in [2.75, 3.05) is 26.3 Å². The number of carbonyl (C=O) groups is 1. The van der Waals surface area contributed by atoms with Crippen molar-refractivity contribution in [2.45, 2.75) is 64.7 Å². The molecule has 2 unspecified atom stereocenters. The van der Waals surface area contributed by atoms with Crippen LogP contribution in [0.4, 0.5) is 0 Å². The van der Waals surface area contributed by atoms with Crippen LogP contribution in [0.5, 0.6) is 0 Å². The van der Waals surface area contributed by atoms with Crippen LogP contribution in [0.3, 0.4) is 0 Å². The van der Waals surface area contributed by atoms with Gasteiger partial charge in [0.15, 0.2) is 0 Å². The van der Waals surface area contributed by atoms with E-state index in [4.69, 9.17) is 15.2 Å². The molecule has 0 bridgehead atoms. The third-order valence-corrected chi connectivity index (χ3v) is 4.41. The molecule has 2 rings (SSSR count). The zero-order valence-corrected chi connectivity index (χ0v) is 13.6. The summed E-state index contributed by atoms with van der Waals surface area (Å²) in [5.74, 6) is 0.0218. The highest BCUT2D eigenvalue weighted by atomic mass is 16.5. The molecule has 0 spiro atoms. The number of amides is 1. The monoisotopic (exact) mass is 298 g/mol. The first-order valence-corrected chi connectivity index (χ1v) is 8.15. The highest BCUT2D eigenvalue weighted by molar-refractivity contribution is 5.82. The molecule has 3 atom stereocenters. The molecule has 2 aliphatic rings. The first-order chi connectivity index (χ1) is 9.88. The Kier molecular flexibility index (Phi) is 5.63. The highest BCUT2D eigenvalue weighted by Crippen LogP contribution is 2.22. The van der Waals surface area contributed by atoms with Gasteiger partial charge in [-0.1, -0.05) is 20.8 Å². The van der Waals surface area contributed by atoms with Crippen LogP contribution >= 0.6 is 0 Å². The van der Waals surface area contributed by atoms with Crippen molar-refractivity contribution < 1.29 is 14.3 Å². The fourth-order valence-electron chi connectivity index (χ4n) is 2.89. The minimum absolute atomic E-state index is 0.0218. The zero-order chi connectivity index (χ0) is 15.5. The van der Waals surface area contributed by atoms with Crippen molar-refractivity contribution in [3.8, 4) is 0 Å². The van der Waals surface area contributed by atoms with Gasteiger partial charge in [-0.2, -0.15) is 0 Å². The van der Waals surface area contributed by atoms with E-state index < -0.39 is 6.04 Å². The molecule has 2 N–H and O–H groups in total. The van der Waals surface area contributed by atoms with Crippen LogP contribution in [0, 0.1) is 5.41 Å². The largest absolute Gasteiger partial charge is 0.376 e. The Morgan fingerprint density at radius 3 is 1.95 bits per heavy atom. The summed E-state index contributed by atoms with van der Waals surface area (Å²) in [5.41, 5.74) is 5.94. The average Bonchev–Trinajstić information content (AvgIpc) is 3.08. The van der Waals surface area contributed by atoms with Crippen molar-refractivity contribution >= 4 is 5.91 Å². The molecule has 122 valence electrons. The Balaban J connectivity index is 2.00. The lowest BCUT2D eigenvalue weighted by Crippen LogP contribution is -2.53. The predicted molar refractivity (Wildman–Crippen MR) is 82.0 cm³/mol. The standard InChI is InChI=1S/C16H30N2O3/c1-16(2,3)14(17)15(19)18(10-12-6-4-8-20-12)11-13-7-5-9-21-13/h12-14H,4-11,17H2,1-3H3/t12?,13?,14-/m0/s1. The summed E-state index contributed by atoms with van der Waals surface area (Å²) < 4.78 is 11.4. The minimum atomic E-state index is -0.486. The smallest absolute Gasteiger partial charge is 0.240 e. The summed E-state index contributed by atoms with van der Waals surface area (Å²) in [6.07, 6.45) is 4.53. The molecule has 0 aliphatic carbocycles. The third kappa shape index (κ3) is 4.66. The fraction of sp³-hybridized carbons (Fsp3) is 0.938. The SMILES string of the molecule is CC(C)(C)[C@@H](N)C(=O)N(CC1CCCO1)CC1CCCO1. The van der Waals surface area contributed by atoms with Gasteiger partial charge in [0.1, 0.15) is 0 Å².